The molecule has 1 aliphatic carbocycles. The predicted octanol–water partition coefficient (Wildman–Crippen LogP) is 1.04. The molecule has 0 spiro atoms. The van der Waals surface area contributed by atoms with Crippen LogP contribution in [0.25, 0.3) is 0 Å². The van der Waals surface area contributed by atoms with Crippen LogP contribution in [0, 0.1) is 5.92 Å². The van der Waals surface area contributed by atoms with Gasteiger partial charge in [-0.1, -0.05) is 12.2 Å². The van der Waals surface area contributed by atoms with Gasteiger partial charge in [0.2, 0.25) is 5.89 Å². The lowest BCUT2D eigenvalue weighted by atomic mass is 9.83. The van der Waals surface area contributed by atoms with Crippen molar-refractivity contribution in [1.82, 2.24) is 10.1 Å². The Morgan fingerprint density at radius 3 is 2.80 bits per heavy atom. The SMILES string of the molecule is O=C(O)[C@H]1CC=CC[C@H]1c1nc(N2CCOCC2)no1. The number of hydrogen-bond donors (Lipinski definition) is 1. The first kappa shape index (κ1) is 13.1. The van der Waals surface area contributed by atoms with E-state index in [0.29, 0.717) is 37.9 Å². The van der Waals surface area contributed by atoms with Gasteiger partial charge in [0.25, 0.3) is 5.95 Å². The molecule has 0 aromatic carbocycles. The predicted molar refractivity (Wildman–Crippen MR) is 69.6 cm³/mol. The fraction of sp³-hybridized carbons (Fsp3) is 0.615. The maximum Gasteiger partial charge on any atom is 0.307 e. The van der Waals surface area contributed by atoms with Gasteiger partial charge in [0.05, 0.1) is 25.0 Å². The lowest BCUT2D eigenvalue weighted by Crippen LogP contribution is -2.36. The summed E-state index contributed by atoms with van der Waals surface area (Å²) in [6.45, 7) is 2.75. The van der Waals surface area contributed by atoms with E-state index in [1.54, 1.807) is 0 Å². The van der Waals surface area contributed by atoms with Crippen molar-refractivity contribution in [3.8, 4) is 0 Å². The second-order valence-electron chi connectivity index (χ2n) is 5.03. The molecule has 0 unspecified atom stereocenters. The van der Waals surface area contributed by atoms with Gasteiger partial charge in [-0.2, -0.15) is 4.98 Å². The number of rotatable bonds is 3. The van der Waals surface area contributed by atoms with Crippen LogP contribution in [0.1, 0.15) is 24.7 Å². The average molecular weight is 279 g/mol. The minimum Gasteiger partial charge on any atom is -0.481 e. The summed E-state index contributed by atoms with van der Waals surface area (Å²) in [5, 5.41) is 13.3. The standard InChI is InChI=1S/C13H17N3O4/c17-12(18)10-4-2-1-3-9(10)11-14-13(15-20-11)16-5-7-19-8-6-16/h1-2,9-10H,3-8H2,(H,17,18)/t9-,10+/m1/s1. The van der Waals surface area contributed by atoms with Crippen molar-refractivity contribution in [1.29, 1.82) is 0 Å². The quantitative estimate of drug-likeness (QED) is 0.827. The van der Waals surface area contributed by atoms with Gasteiger partial charge in [-0.25, -0.2) is 0 Å². The molecule has 0 bridgehead atoms. The molecule has 3 rings (SSSR count). The Bertz CT molecular complexity index is 507. The fourth-order valence-corrected chi connectivity index (χ4v) is 2.63. The Morgan fingerprint density at radius 1 is 1.30 bits per heavy atom. The van der Waals surface area contributed by atoms with Crippen molar-refractivity contribution >= 4 is 11.9 Å². The van der Waals surface area contributed by atoms with E-state index in [4.69, 9.17) is 9.26 Å². The van der Waals surface area contributed by atoms with Gasteiger partial charge < -0.3 is 19.3 Å². The number of aliphatic carboxylic acids is 1. The molecule has 0 radical (unpaired) electrons. The highest BCUT2D eigenvalue weighted by molar-refractivity contribution is 5.71. The summed E-state index contributed by atoms with van der Waals surface area (Å²) in [6.07, 6.45) is 5.01. The molecule has 1 fully saturated rings. The number of aromatic nitrogens is 2. The first-order valence-corrected chi connectivity index (χ1v) is 6.80. The van der Waals surface area contributed by atoms with Crippen molar-refractivity contribution in [3.63, 3.8) is 0 Å². The molecule has 20 heavy (non-hydrogen) atoms. The molecule has 1 aromatic heterocycles. The molecule has 2 atom stereocenters. The van der Waals surface area contributed by atoms with Crippen molar-refractivity contribution < 1.29 is 19.2 Å². The van der Waals surface area contributed by atoms with Crippen LogP contribution in [0.15, 0.2) is 16.7 Å². The number of anilines is 1. The summed E-state index contributed by atoms with van der Waals surface area (Å²) in [4.78, 5) is 17.7. The maximum absolute atomic E-state index is 11.3. The van der Waals surface area contributed by atoms with Gasteiger partial charge >= 0.3 is 5.97 Å². The van der Waals surface area contributed by atoms with E-state index in [1.807, 2.05) is 17.1 Å². The van der Waals surface area contributed by atoms with Crippen molar-refractivity contribution in [2.45, 2.75) is 18.8 Å². The van der Waals surface area contributed by atoms with Crippen LogP contribution in [0.4, 0.5) is 5.95 Å². The van der Waals surface area contributed by atoms with Gasteiger partial charge in [0.15, 0.2) is 0 Å². The first-order chi connectivity index (χ1) is 9.75. The second-order valence-corrected chi connectivity index (χ2v) is 5.03. The van der Waals surface area contributed by atoms with Crippen LogP contribution in [-0.4, -0.2) is 47.5 Å². The van der Waals surface area contributed by atoms with Crippen LogP contribution in [0.2, 0.25) is 0 Å². The molecule has 108 valence electrons. The number of hydrogen-bond acceptors (Lipinski definition) is 6. The normalized spacial score (nSPS) is 26.7. The third-order valence-electron chi connectivity index (χ3n) is 3.79. The van der Waals surface area contributed by atoms with Crippen LogP contribution >= 0.6 is 0 Å². The highest BCUT2D eigenvalue weighted by Gasteiger charge is 2.34. The Kier molecular flexibility index (Phi) is 3.68. The van der Waals surface area contributed by atoms with Crippen LogP contribution in [-0.2, 0) is 9.53 Å². The minimum atomic E-state index is -0.814. The largest absolute Gasteiger partial charge is 0.481 e. The Hall–Kier alpha value is -1.89. The summed E-state index contributed by atoms with van der Waals surface area (Å²) in [6, 6.07) is 0. The number of ether oxygens (including phenoxy) is 1. The Balaban J connectivity index is 1.78. The number of carboxylic acid groups (broad SMARTS) is 1. The van der Waals surface area contributed by atoms with E-state index in [9.17, 15) is 9.90 Å². The topological polar surface area (TPSA) is 88.7 Å². The van der Waals surface area contributed by atoms with E-state index in [0.717, 1.165) is 13.1 Å². The lowest BCUT2D eigenvalue weighted by Gasteiger charge is -2.25. The first-order valence-electron chi connectivity index (χ1n) is 6.80. The van der Waals surface area contributed by atoms with Crippen molar-refractivity contribution in [3.05, 3.63) is 18.0 Å². The molecule has 1 saturated heterocycles. The zero-order valence-corrected chi connectivity index (χ0v) is 11.1. The van der Waals surface area contributed by atoms with Crippen LogP contribution in [0.5, 0.6) is 0 Å². The van der Waals surface area contributed by atoms with Gasteiger partial charge in [-0.05, 0) is 18.0 Å². The molecule has 1 aliphatic heterocycles. The molecule has 0 amide bonds. The van der Waals surface area contributed by atoms with Crippen molar-refractivity contribution in [2.75, 3.05) is 31.2 Å². The average Bonchev–Trinajstić information content (AvgIpc) is 2.98. The molecule has 1 aromatic rings. The van der Waals surface area contributed by atoms with Crippen LogP contribution < -0.4 is 4.90 Å². The number of carbonyl (C=O) groups is 1. The maximum atomic E-state index is 11.3. The third kappa shape index (κ3) is 2.53. The summed E-state index contributed by atoms with van der Waals surface area (Å²) in [7, 11) is 0. The smallest absolute Gasteiger partial charge is 0.307 e. The molecule has 7 nitrogen and oxygen atoms in total. The summed E-state index contributed by atoms with van der Waals surface area (Å²) in [5.41, 5.74) is 0. The zero-order valence-electron chi connectivity index (χ0n) is 11.1. The monoisotopic (exact) mass is 279 g/mol. The molecular weight excluding hydrogens is 262 g/mol. The molecule has 1 N–H and O–H groups in total. The number of carboxylic acids is 1. The van der Waals surface area contributed by atoms with Gasteiger partial charge in [0.1, 0.15) is 0 Å². The molecule has 2 aliphatic rings. The molecule has 0 saturated carbocycles. The van der Waals surface area contributed by atoms with Gasteiger partial charge in [-0.3, -0.25) is 4.79 Å². The number of allylic oxidation sites excluding steroid dienone is 2. The summed E-state index contributed by atoms with van der Waals surface area (Å²) < 4.78 is 10.6. The fourth-order valence-electron chi connectivity index (χ4n) is 2.63. The van der Waals surface area contributed by atoms with Gasteiger partial charge in [-0.15, -0.1) is 0 Å². The minimum absolute atomic E-state index is 0.236. The zero-order chi connectivity index (χ0) is 13.9. The van der Waals surface area contributed by atoms with E-state index < -0.39 is 11.9 Å². The summed E-state index contributed by atoms with van der Waals surface area (Å²) in [5.74, 6) is -0.589. The van der Waals surface area contributed by atoms with Gasteiger partial charge in [0, 0.05) is 13.1 Å². The molecular formula is C13H17N3O4. The Morgan fingerprint density at radius 2 is 2.05 bits per heavy atom. The third-order valence-corrected chi connectivity index (χ3v) is 3.79. The number of morpholine rings is 1. The van der Waals surface area contributed by atoms with E-state index in [1.165, 1.54) is 0 Å². The van der Waals surface area contributed by atoms with Crippen LogP contribution in [0.3, 0.4) is 0 Å². The highest BCUT2D eigenvalue weighted by Crippen LogP contribution is 2.34. The van der Waals surface area contributed by atoms with Crippen molar-refractivity contribution in [2.24, 2.45) is 5.92 Å². The van der Waals surface area contributed by atoms with E-state index in [-0.39, 0.29) is 5.92 Å². The molecule has 7 heteroatoms. The van der Waals surface area contributed by atoms with E-state index >= 15 is 0 Å². The summed E-state index contributed by atoms with van der Waals surface area (Å²) >= 11 is 0. The van der Waals surface area contributed by atoms with E-state index in [2.05, 4.69) is 10.1 Å². The highest BCUT2D eigenvalue weighted by atomic mass is 16.5. The lowest BCUT2D eigenvalue weighted by molar-refractivity contribution is -0.142. The Labute approximate surface area is 116 Å². The molecule has 2 heterocycles. The second kappa shape index (κ2) is 5.62. The number of nitrogens with zero attached hydrogens (tertiary/aromatic N) is 3.